The van der Waals surface area contributed by atoms with Gasteiger partial charge < -0.3 is 0 Å². The lowest BCUT2D eigenvalue weighted by Crippen LogP contribution is -1.86. The molecule has 0 amide bonds. The van der Waals surface area contributed by atoms with Crippen molar-refractivity contribution in [1.29, 1.82) is 0 Å². The second-order valence-corrected chi connectivity index (χ2v) is 3.70. The van der Waals surface area contributed by atoms with Gasteiger partial charge >= 0.3 is 0 Å². The lowest BCUT2D eigenvalue weighted by Gasteiger charge is -2.04. The van der Waals surface area contributed by atoms with Gasteiger partial charge in [0.2, 0.25) is 0 Å². The van der Waals surface area contributed by atoms with Gasteiger partial charge in [0.1, 0.15) is 0 Å². The molecular formula is C13H10N2. The molecule has 1 aromatic carbocycles. The predicted octanol–water partition coefficient (Wildman–Crippen LogP) is 3.09. The van der Waals surface area contributed by atoms with Crippen molar-refractivity contribution < 1.29 is 0 Å². The Morgan fingerprint density at radius 3 is 2.80 bits per heavy atom. The molecule has 0 saturated carbocycles. The molecule has 0 aliphatic rings. The van der Waals surface area contributed by atoms with Gasteiger partial charge in [-0.15, -0.1) is 0 Å². The average molecular weight is 194 g/mol. The molecule has 72 valence electrons. The summed E-state index contributed by atoms with van der Waals surface area (Å²) in [6, 6.07) is 8.31. The van der Waals surface area contributed by atoms with Gasteiger partial charge in [-0.3, -0.25) is 9.97 Å². The standard InChI is InChI=1S/C13H10N2/c1-9-6-14-8-12-13(9)11-5-3-2-4-10(11)7-15-12/h2-8H,1H3. The highest BCUT2D eigenvalue weighted by molar-refractivity contribution is 6.06. The molecule has 0 radical (unpaired) electrons. The lowest BCUT2D eigenvalue weighted by molar-refractivity contribution is 1.28. The number of aromatic nitrogens is 2. The minimum Gasteiger partial charge on any atom is -0.262 e. The highest BCUT2D eigenvalue weighted by Crippen LogP contribution is 2.24. The van der Waals surface area contributed by atoms with Crippen molar-refractivity contribution in [3.05, 3.63) is 48.4 Å². The van der Waals surface area contributed by atoms with Gasteiger partial charge in [0.15, 0.2) is 0 Å². The third-order valence-electron chi connectivity index (χ3n) is 2.69. The van der Waals surface area contributed by atoms with Crippen LogP contribution in [0.2, 0.25) is 0 Å². The van der Waals surface area contributed by atoms with Crippen LogP contribution in [0.5, 0.6) is 0 Å². The fourth-order valence-electron chi connectivity index (χ4n) is 1.98. The molecule has 0 N–H and O–H groups in total. The van der Waals surface area contributed by atoms with E-state index in [2.05, 4.69) is 35.1 Å². The number of hydrogen-bond donors (Lipinski definition) is 0. The normalized spacial score (nSPS) is 11.0. The molecule has 15 heavy (non-hydrogen) atoms. The van der Waals surface area contributed by atoms with Gasteiger partial charge in [0, 0.05) is 23.2 Å². The van der Waals surface area contributed by atoms with Crippen molar-refractivity contribution in [1.82, 2.24) is 9.97 Å². The number of benzene rings is 1. The molecule has 0 aliphatic carbocycles. The van der Waals surface area contributed by atoms with Crippen molar-refractivity contribution in [2.75, 3.05) is 0 Å². The SMILES string of the molecule is Cc1cncc2ncc3ccccc3c12. The summed E-state index contributed by atoms with van der Waals surface area (Å²) in [5.41, 5.74) is 2.14. The van der Waals surface area contributed by atoms with Crippen LogP contribution >= 0.6 is 0 Å². The molecule has 2 aromatic heterocycles. The molecule has 2 heterocycles. The Hall–Kier alpha value is -1.96. The maximum absolute atomic E-state index is 4.41. The van der Waals surface area contributed by atoms with Gasteiger partial charge in [0.05, 0.1) is 11.7 Å². The van der Waals surface area contributed by atoms with Gasteiger partial charge in [0.25, 0.3) is 0 Å². The van der Waals surface area contributed by atoms with Crippen molar-refractivity contribution >= 4 is 21.7 Å². The minimum absolute atomic E-state index is 0.966. The van der Waals surface area contributed by atoms with Crippen LogP contribution in [0, 0.1) is 6.92 Å². The Morgan fingerprint density at radius 2 is 1.87 bits per heavy atom. The fourth-order valence-corrected chi connectivity index (χ4v) is 1.98. The van der Waals surface area contributed by atoms with Crippen LogP contribution in [0.1, 0.15) is 5.56 Å². The largest absolute Gasteiger partial charge is 0.262 e. The van der Waals surface area contributed by atoms with Crippen LogP contribution in [0.4, 0.5) is 0 Å². The summed E-state index contributed by atoms with van der Waals surface area (Å²) in [7, 11) is 0. The van der Waals surface area contributed by atoms with E-state index < -0.39 is 0 Å². The van der Waals surface area contributed by atoms with Crippen molar-refractivity contribution in [3.63, 3.8) is 0 Å². The van der Waals surface area contributed by atoms with Gasteiger partial charge in [-0.2, -0.15) is 0 Å². The quantitative estimate of drug-likeness (QED) is 0.514. The van der Waals surface area contributed by atoms with Crippen LogP contribution in [0.3, 0.4) is 0 Å². The fraction of sp³-hybridized carbons (Fsp3) is 0.0769. The molecule has 2 nitrogen and oxygen atoms in total. The van der Waals surface area contributed by atoms with E-state index in [1.54, 1.807) is 0 Å². The number of aryl methyl sites for hydroxylation is 1. The highest BCUT2D eigenvalue weighted by atomic mass is 14.7. The number of nitrogens with zero attached hydrogens (tertiary/aromatic N) is 2. The number of hydrogen-bond acceptors (Lipinski definition) is 2. The Kier molecular flexibility index (Phi) is 1.68. The van der Waals surface area contributed by atoms with Crippen LogP contribution in [-0.4, -0.2) is 9.97 Å². The molecule has 3 aromatic rings. The molecule has 0 bridgehead atoms. The minimum atomic E-state index is 0.966. The summed E-state index contributed by atoms with van der Waals surface area (Å²) in [4.78, 5) is 8.56. The van der Waals surface area contributed by atoms with E-state index in [-0.39, 0.29) is 0 Å². The molecule has 0 aliphatic heterocycles. The molecule has 0 atom stereocenters. The summed E-state index contributed by atoms with van der Waals surface area (Å²) < 4.78 is 0. The Balaban J connectivity index is 2.64. The topological polar surface area (TPSA) is 25.8 Å². The van der Waals surface area contributed by atoms with Crippen molar-refractivity contribution in [2.45, 2.75) is 6.92 Å². The smallest absolute Gasteiger partial charge is 0.0894 e. The zero-order valence-corrected chi connectivity index (χ0v) is 8.44. The van der Waals surface area contributed by atoms with E-state index >= 15 is 0 Å². The maximum Gasteiger partial charge on any atom is 0.0894 e. The van der Waals surface area contributed by atoms with Crippen LogP contribution in [-0.2, 0) is 0 Å². The van der Waals surface area contributed by atoms with Crippen molar-refractivity contribution in [2.24, 2.45) is 0 Å². The first kappa shape index (κ1) is 8.36. The molecule has 0 spiro atoms. The summed E-state index contributed by atoms with van der Waals surface area (Å²) in [5.74, 6) is 0. The molecule has 2 heteroatoms. The zero-order chi connectivity index (χ0) is 10.3. The van der Waals surface area contributed by atoms with Crippen molar-refractivity contribution in [3.8, 4) is 0 Å². The van der Waals surface area contributed by atoms with Crippen LogP contribution in [0.25, 0.3) is 21.7 Å². The molecule has 0 fully saturated rings. The number of rotatable bonds is 0. The maximum atomic E-state index is 4.41. The van der Waals surface area contributed by atoms with E-state index in [0.29, 0.717) is 0 Å². The summed E-state index contributed by atoms with van der Waals surface area (Å²) in [6.07, 6.45) is 5.60. The molecule has 0 unspecified atom stereocenters. The first-order valence-electron chi connectivity index (χ1n) is 4.94. The van der Waals surface area contributed by atoms with Gasteiger partial charge in [-0.05, 0) is 17.9 Å². The number of fused-ring (bicyclic) bond motifs is 3. The van der Waals surface area contributed by atoms with Gasteiger partial charge in [-0.25, -0.2) is 0 Å². The Labute approximate surface area is 87.6 Å². The molecule has 3 rings (SSSR count). The molecule has 0 saturated heterocycles. The average Bonchev–Trinajstić information content (AvgIpc) is 2.29. The molecular weight excluding hydrogens is 184 g/mol. The van der Waals surface area contributed by atoms with E-state index in [1.807, 2.05) is 24.7 Å². The number of pyridine rings is 2. The summed E-state index contributed by atoms with van der Waals surface area (Å²) in [6.45, 7) is 2.07. The second-order valence-electron chi connectivity index (χ2n) is 3.70. The highest BCUT2D eigenvalue weighted by Gasteiger charge is 2.03. The van der Waals surface area contributed by atoms with Gasteiger partial charge in [-0.1, -0.05) is 24.3 Å². The Bertz CT molecular complexity index is 644. The van der Waals surface area contributed by atoms with E-state index in [1.165, 1.54) is 21.7 Å². The second kappa shape index (κ2) is 3.02. The monoisotopic (exact) mass is 194 g/mol. The van der Waals surface area contributed by atoms with Crippen LogP contribution in [0.15, 0.2) is 42.9 Å². The third kappa shape index (κ3) is 1.18. The Morgan fingerprint density at radius 1 is 1.00 bits per heavy atom. The van der Waals surface area contributed by atoms with Crippen LogP contribution < -0.4 is 0 Å². The van der Waals surface area contributed by atoms with E-state index in [4.69, 9.17) is 0 Å². The summed E-state index contributed by atoms with van der Waals surface area (Å²) >= 11 is 0. The zero-order valence-electron chi connectivity index (χ0n) is 8.44. The lowest BCUT2D eigenvalue weighted by atomic mass is 10.1. The first-order chi connectivity index (χ1) is 7.36. The third-order valence-corrected chi connectivity index (χ3v) is 2.69. The van der Waals surface area contributed by atoms with E-state index in [9.17, 15) is 0 Å². The predicted molar refractivity (Wildman–Crippen MR) is 61.8 cm³/mol. The summed E-state index contributed by atoms with van der Waals surface area (Å²) in [5, 5.41) is 3.64. The van der Waals surface area contributed by atoms with E-state index in [0.717, 1.165) is 5.52 Å². The first-order valence-corrected chi connectivity index (χ1v) is 4.94.